The summed E-state index contributed by atoms with van der Waals surface area (Å²) in [5.41, 5.74) is 1.29. The fraction of sp³-hybridized carbons (Fsp3) is 0.571. The van der Waals surface area contributed by atoms with Gasteiger partial charge in [-0.2, -0.15) is 0 Å². The normalized spacial score (nSPS) is 18.2. The van der Waals surface area contributed by atoms with Crippen LogP contribution in [0.25, 0.3) is 10.9 Å². The number of hydrogen-bond acceptors (Lipinski definition) is 10. The lowest BCUT2D eigenvalue weighted by molar-refractivity contribution is -0.141. The first kappa shape index (κ1) is 36.3. The van der Waals surface area contributed by atoms with E-state index in [0.717, 1.165) is 24.8 Å². The van der Waals surface area contributed by atoms with Crippen LogP contribution in [0.2, 0.25) is 0 Å². The molecule has 0 radical (unpaired) electrons. The monoisotopic (exact) mass is 694 g/mol. The van der Waals surface area contributed by atoms with E-state index in [-0.39, 0.29) is 81.5 Å². The lowest BCUT2D eigenvalue weighted by Gasteiger charge is -2.36. The Bertz CT molecular complexity index is 1600. The van der Waals surface area contributed by atoms with Gasteiger partial charge in [-0.3, -0.25) is 24.0 Å². The molecule has 3 heterocycles. The van der Waals surface area contributed by atoms with Crippen LogP contribution in [-0.4, -0.2) is 127 Å². The largest absolute Gasteiger partial charge is 0.483 e. The van der Waals surface area contributed by atoms with E-state index in [1.807, 2.05) is 13.0 Å². The standard InChI is InChI=1S/C35H46N6O9/c1-4-49-35(47)40-17-15-39(16-18-40)34(46)25(12-13-31(43)48-3)38-32(44)27-20-29(24-11-10-22(2)19-26(24)37-27)50-21-30(42)41-14-6-9-28(41)33(45)36-23-7-5-8-23/h10-11,19-20,23,25,28H,4-9,12-18,21H2,1-3H3,(H,36,45)(H,38,44)/t25-,28-/m0/s1. The molecule has 5 amide bonds. The third-order valence-electron chi connectivity index (χ3n) is 9.42. The van der Waals surface area contributed by atoms with Gasteiger partial charge in [0, 0.05) is 56.6 Å². The van der Waals surface area contributed by atoms with E-state index < -0.39 is 36.0 Å². The van der Waals surface area contributed by atoms with E-state index in [9.17, 15) is 28.8 Å². The zero-order valence-electron chi connectivity index (χ0n) is 28.9. The molecule has 5 rings (SSSR count). The third kappa shape index (κ3) is 8.79. The minimum Gasteiger partial charge on any atom is -0.483 e. The first-order chi connectivity index (χ1) is 24.1. The molecule has 0 spiro atoms. The van der Waals surface area contributed by atoms with Gasteiger partial charge in [0.2, 0.25) is 11.8 Å². The van der Waals surface area contributed by atoms with Gasteiger partial charge in [-0.15, -0.1) is 0 Å². The van der Waals surface area contributed by atoms with Gasteiger partial charge in [-0.1, -0.05) is 6.07 Å². The summed E-state index contributed by atoms with van der Waals surface area (Å²) in [6.45, 7) is 4.91. The average Bonchev–Trinajstić information content (AvgIpc) is 3.60. The van der Waals surface area contributed by atoms with Gasteiger partial charge in [-0.05, 0) is 70.1 Å². The number of nitrogens with one attached hydrogen (secondary N) is 2. The van der Waals surface area contributed by atoms with E-state index in [4.69, 9.17) is 14.2 Å². The fourth-order valence-electron chi connectivity index (χ4n) is 6.35. The number of pyridine rings is 1. The summed E-state index contributed by atoms with van der Waals surface area (Å²) >= 11 is 0. The van der Waals surface area contributed by atoms with Crippen LogP contribution >= 0.6 is 0 Å². The molecule has 1 saturated carbocycles. The number of amides is 5. The van der Waals surface area contributed by atoms with Crippen LogP contribution in [0.15, 0.2) is 24.3 Å². The van der Waals surface area contributed by atoms with Crippen molar-refractivity contribution in [3.63, 3.8) is 0 Å². The molecule has 50 heavy (non-hydrogen) atoms. The van der Waals surface area contributed by atoms with E-state index in [0.29, 0.717) is 30.3 Å². The number of carbonyl (C=O) groups is 6. The molecule has 2 aromatic rings. The van der Waals surface area contributed by atoms with E-state index in [1.165, 1.54) is 23.0 Å². The van der Waals surface area contributed by atoms with Crippen molar-refractivity contribution < 1.29 is 43.0 Å². The van der Waals surface area contributed by atoms with Gasteiger partial charge in [0.05, 0.1) is 19.2 Å². The number of carbonyl (C=O) groups excluding carboxylic acids is 6. The number of methoxy groups -OCH3 is 1. The van der Waals surface area contributed by atoms with Crippen molar-refractivity contribution in [1.82, 2.24) is 30.3 Å². The summed E-state index contributed by atoms with van der Waals surface area (Å²) in [7, 11) is 1.24. The van der Waals surface area contributed by atoms with Crippen molar-refractivity contribution in [2.24, 2.45) is 0 Å². The molecule has 3 aliphatic rings. The number of nitrogens with zero attached hydrogens (tertiary/aromatic N) is 4. The predicted octanol–water partition coefficient (Wildman–Crippen LogP) is 1.93. The molecule has 1 aromatic heterocycles. The SMILES string of the molecule is CCOC(=O)N1CCN(C(=O)[C@H](CCC(=O)OC)NC(=O)c2cc(OCC(=O)N3CCC[C@H]3C(=O)NC3CCC3)c3ccc(C)cc3n2)CC1. The van der Waals surface area contributed by atoms with Crippen LogP contribution in [-0.2, 0) is 28.7 Å². The minimum absolute atomic E-state index is 0.0226. The van der Waals surface area contributed by atoms with Gasteiger partial charge in [-0.25, -0.2) is 9.78 Å². The maximum absolute atomic E-state index is 13.7. The minimum atomic E-state index is -1.09. The molecule has 1 aromatic carbocycles. The smallest absolute Gasteiger partial charge is 0.409 e. The molecule has 0 unspecified atom stereocenters. The first-order valence-electron chi connectivity index (χ1n) is 17.3. The Labute approximate surface area is 290 Å². The van der Waals surface area contributed by atoms with Crippen molar-refractivity contribution in [2.75, 3.05) is 53.0 Å². The number of likely N-dealkylation sites (tertiary alicyclic amines) is 1. The Balaban J connectivity index is 1.30. The Kier molecular flexibility index (Phi) is 12.1. The molecule has 2 N–H and O–H groups in total. The maximum Gasteiger partial charge on any atom is 0.409 e. The van der Waals surface area contributed by atoms with Crippen molar-refractivity contribution in [2.45, 2.75) is 76.9 Å². The van der Waals surface area contributed by atoms with E-state index >= 15 is 0 Å². The second-order valence-corrected chi connectivity index (χ2v) is 12.8. The number of esters is 1. The average molecular weight is 695 g/mol. The zero-order valence-corrected chi connectivity index (χ0v) is 28.9. The molecular formula is C35H46N6O9. The van der Waals surface area contributed by atoms with E-state index in [2.05, 4.69) is 15.6 Å². The topological polar surface area (TPSA) is 177 Å². The molecular weight excluding hydrogens is 648 g/mol. The van der Waals surface area contributed by atoms with Crippen LogP contribution in [0, 0.1) is 6.92 Å². The number of rotatable bonds is 12. The quantitative estimate of drug-likeness (QED) is 0.312. The van der Waals surface area contributed by atoms with Gasteiger partial charge in [0.1, 0.15) is 23.5 Å². The first-order valence-corrected chi connectivity index (χ1v) is 17.3. The van der Waals surface area contributed by atoms with Gasteiger partial charge >= 0.3 is 12.1 Å². The Morgan fingerprint density at radius 2 is 1.70 bits per heavy atom. The highest BCUT2D eigenvalue weighted by Gasteiger charge is 2.36. The number of fused-ring (bicyclic) bond motifs is 1. The number of benzene rings is 1. The number of hydrogen-bond donors (Lipinski definition) is 2. The number of piperazine rings is 1. The highest BCUT2D eigenvalue weighted by Crippen LogP contribution is 2.28. The zero-order chi connectivity index (χ0) is 35.8. The lowest BCUT2D eigenvalue weighted by atomic mass is 9.93. The summed E-state index contributed by atoms with van der Waals surface area (Å²) in [4.78, 5) is 86.9. The van der Waals surface area contributed by atoms with Crippen LogP contribution in [0.4, 0.5) is 4.79 Å². The molecule has 0 bridgehead atoms. The number of aromatic nitrogens is 1. The van der Waals surface area contributed by atoms with Crippen LogP contribution in [0.3, 0.4) is 0 Å². The van der Waals surface area contributed by atoms with Crippen LogP contribution < -0.4 is 15.4 Å². The van der Waals surface area contributed by atoms with Crippen molar-refractivity contribution >= 4 is 46.6 Å². The molecule has 270 valence electrons. The highest BCUT2D eigenvalue weighted by molar-refractivity contribution is 5.99. The second-order valence-electron chi connectivity index (χ2n) is 12.8. The number of aryl methyl sites for hydroxylation is 1. The van der Waals surface area contributed by atoms with Gasteiger partial charge < -0.3 is 39.5 Å². The molecule has 15 nitrogen and oxygen atoms in total. The summed E-state index contributed by atoms with van der Waals surface area (Å²) in [5, 5.41) is 6.36. The molecule has 2 atom stereocenters. The van der Waals surface area contributed by atoms with Crippen molar-refractivity contribution in [3.05, 3.63) is 35.5 Å². The van der Waals surface area contributed by atoms with Gasteiger partial charge in [0.25, 0.3) is 11.8 Å². The summed E-state index contributed by atoms with van der Waals surface area (Å²) in [6.07, 6.45) is 3.70. The van der Waals surface area contributed by atoms with Crippen LogP contribution in [0.1, 0.15) is 67.9 Å². The predicted molar refractivity (Wildman–Crippen MR) is 180 cm³/mol. The van der Waals surface area contributed by atoms with E-state index in [1.54, 1.807) is 24.0 Å². The molecule has 1 aliphatic carbocycles. The Hall–Kier alpha value is -4.95. The third-order valence-corrected chi connectivity index (χ3v) is 9.42. The lowest BCUT2D eigenvalue weighted by Crippen LogP contribution is -2.56. The molecule has 2 aliphatic heterocycles. The van der Waals surface area contributed by atoms with Crippen LogP contribution in [0.5, 0.6) is 5.75 Å². The summed E-state index contributed by atoms with van der Waals surface area (Å²) < 4.78 is 15.9. The second kappa shape index (κ2) is 16.6. The Morgan fingerprint density at radius 3 is 2.38 bits per heavy atom. The molecule has 2 saturated heterocycles. The fourth-order valence-corrected chi connectivity index (χ4v) is 6.35. The number of ether oxygens (including phenoxy) is 3. The summed E-state index contributed by atoms with van der Waals surface area (Å²) in [5.74, 6) is -1.85. The molecule has 15 heteroatoms. The van der Waals surface area contributed by atoms with Gasteiger partial charge in [0.15, 0.2) is 6.61 Å². The highest BCUT2D eigenvalue weighted by atomic mass is 16.6. The summed E-state index contributed by atoms with van der Waals surface area (Å²) in [6, 6.07) is 5.40. The Morgan fingerprint density at radius 1 is 0.960 bits per heavy atom. The maximum atomic E-state index is 13.7. The van der Waals surface area contributed by atoms with Crippen molar-refractivity contribution in [3.8, 4) is 5.75 Å². The van der Waals surface area contributed by atoms with Crippen molar-refractivity contribution in [1.29, 1.82) is 0 Å². The molecule has 3 fully saturated rings.